The summed E-state index contributed by atoms with van der Waals surface area (Å²) in [6.07, 6.45) is 1.21. The van der Waals surface area contributed by atoms with Gasteiger partial charge in [-0.15, -0.1) is 0 Å². The van der Waals surface area contributed by atoms with Crippen molar-refractivity contribution in [1.29, 1.82) is 0 Å². The maximum atomic E-state index is 13.9. The minimum Gasteiger partial charge on any atom is -0.478 e. The number of carboxylic acid groups (broad SMARTS) is 1. The lowest BCUT2D eigenvalue weighted by Gasteiger charge is -2.11. The Balaban J connectivity index is 2.16. The fourth-order valence-corrected chi connectivity index (χ4v) is 2.41. The second-order valence-electron chi connectivity index (χ2n) is 4.24. The molecule has 0 unspecified atom stereocenters. The van der Waals surface area contributed by atoms with Crippen LogP contribution in [0.25, 0.3) is 11.1 Å². The number of nitrogens with one attached hydrogen (secondary N) is 1. The SMILES string of the molecule is O=C(O)c1ccc2ncoc2c1Nc1ccc(I)cc1F. The van der Waals surface area contributed by atoms with Crippen LogP contribution >= 0.6 is 22.6 Å². The van der Waals surface area contributed by atoms with Gasteiger partial charge in [0.05, 0.1) is 16.9 Å². The molecule has 2 N–H and O–H groups in total. The van der Waals surface area contributed by atoms with Crippen LogP contribution in [-0.4, -0.2) is 16.1 Å². The average molecular weight is 398 g/mol. The Hall–Kier alpha value is -2.16. The number of rotatable bonds is 3. The summed E-state index contributed by atoms with van der Waals surface area (Å²) < 4.78 is 19.9. The van der Waals surface area contributed by atoms with Crippen molar-refractivity contribution in [1.82, 2.24) is 4.98 Å². The van der Waals surface area contributed by atoms with E-state index in [-0.39, 0.29) is 22.5 Å². The molecule has 0 aliphatic heterocycles. The summed E-state index contributed by atoms with van der Waals surface area (Å²) in [5.41, 5.74) is 1.10. The number of aromatic carboxylic acids is 1. The molecule has 1 heterocycles. The van der Waals surface area contributed by atoms with Crippen molar-refractivity contribution in [3.63, 3.8) is 0 Å². The predicted octanol–water partition coefficient (Wildman–Crippen LogP) is 4.01. The van der Waals surface area contributed by atoms with Gasteiger partial charge in [-0.2, -0.15) is 0 Å². The lowest BCUT2D eigenvalue weighted by Crippen LogP contribution is -2.04. The fraction of sp³-hybridized carbons (Fsp3) is 0. The molecule has 0 saturated heterocycles. The van der Waals surface area contributed by atoms with Gasteiger partial charge in [0.25, 0.3) is 0 Å². The largest absolute Gasteiger partial charge is 0.478 e. The van der Waals surface area contributed by atoms with Gasteiger partial charge in [-0.3, -0.25) is 0 Å². The van der Waals surface area contributed by atoms with Crippen molar-refractivity contribution in [2.45, 2.75) is 0 Å². The average Bonchev–Trinajstić information content (AvgIpc) is 2.90. The molecule has 0 amide bonds. The van der Waals surface area contributed by atoms with Crippen LogP contribution in [0, 0.1) is 9.39 Å². The number of halogens is 2. The summed E-state index contributed by atoms with van der Waals surface area (Å²) in [7, 11) is 0. The first-order chi connectivity index (χ1) is 10.1. The van der Waals surface area contributed by atoms with Gasteiger partial charge in [0.2, 0.25) is 0 Å². The van der Waals surface area contributed by atoms with Crippen molar-refractivity contribution in [2.24, 2.45) is 0 Å². The number of anilines is 2. The van der Waals surface area contributed by atoms with E-state index in [1.165, 1.54) is 30.7 Å². The van der Waals surface area contributed by atoms with Crippen LogP contribution in [0.5, 0.6) is 0 Å². The number of hydrogen-bond acceptors (Lipinski definition) is 4. The molecule has 0 bridgehead atoms. The Kier molecular flexibility index (Phi) is 3.50. The molecule has 3 rings (SSSR count). The molecule has 5 nitrogen and oxygen atoms in total. The van der Waals surface area contributed by atoms with Gasteiger partial charge >= 0.3 is 5.97 Å². The number of carbonyl (C=O) groups is 1. The number of hydrogen-bond donors (Lipinski definition) is 2. The van der Waals surface area contributed by atoms with E-state index in [9.17, 15) is 14.3 Å². The molecule has 0 spiro atoms. The molecule has 1 aromatic heterocycles. The van der Waals surface area contributed by atoms with E-state index in [1.54, 1.807) is 6.07 Å². The van der Waals surface area contributed by atoms with Gasteiger partial charge in [0, 0.05) is 3.57 Å². The van der Waals surface area contributed by atoms with E-state index in [2.05, 4.69) is 10.3 Å². The van der Waals surface area contributed by atoms with E-state index in [0.717, 1.165) is 3.57 Å². The first-order valence-corrected chi connectivity index (χ1v) is 6.95. The highest BCUT2D eigenvalue weighted by atomic mass is 127. The molecule has 0 aliphatic carbocycles. The molecule has 2 aromatic carbocycles. The van der Waals surface area contributed by atoms with Gasteiger partial charge in [-0.1, -0.05) is 0 Å². The van der Waals surface area contributed by atoms with Gasteiger partial charge < -0.3 is 14.8 Å². The maximum absolute atomic E-state index is 13.9. The zero-order chi connectivity index (χ0) is 15.0. The Morgan fingerprint density at radius 3 is 2.86 bits per heavy atom. The zero-order valence-corrected chi connectivity index (χ0v) is 12.6. The molecule has 0 fully saturated rings. The molecule has 7 heteroatoms. The first-order valence-electron chi connectivity index (χ1n) is 5.88. The standard InChI is InChI=1S/C14H8FIN2O3/c15-9-5-7(16)1-3-10(9)18-12-8(14(19)20)2-4-11-13(12)21-6-17-11/h1-6,18H,(H,19,20). The number of fused-ring (bicyclic) bond motifs is 1. The Labute approximate surface area is 131 Å². The molecular formula is C14H8FIN2O3. The van der Waals surface area contributed by atoms with Crippen LogP contribution in [0.4, 0.5) is 15.8 Å². The van der Waals surface area contributed by atoms with Crippen LogP contribution in [-0.2, 0) is 0 Å². The topological polar surface area (TPSA) is 75.4 Å². The minimum atomic E-state index is -1.14. The second kappa shape index (κ2) is 5.32. The summed E-state index contributed by atoms with van der Waals surface area (Å²) in [6.45, 7) is 0. The highest BCUT2D eigenvalue weighted by Gasteiger charge is 2.17. The molecule has 106 valence electrons. The molecule has 0 atom stereocenters. The number of carboxylic acids is 1. The van der Waals surface area contributed by atoms with Crippen LogP contribution < -0.4 is 5.32 Å². The molecule has 0 saturated carbocycles. The van der Waals surface area contributed by atoms with Crippen LogP contribution in [0.2, 0.25) is 0 Å². The van der Waals surface area contributed by atoms with E-state index in [4.69, 9.17) is 4.42 Å². The van der Waals surface area contributed by atoms with Crippen molar-refractivity contribution >= 4 is 51.0 Å². The normalized spacial score (nSPS) is 10.8. The van der Waals surface area contributed by atoms with Gasteiger partial charge in [-0.05, 0) is 52.9 Å². The molecule has 0 aliphatic rings. The highest BCUT2D eigenvalue weighted by Crippen LogP contribution is 2.31. The van der Waals surface area contributed by atoms with Crippen molar-refractivity contribution in [3.05, 3.63) is 51.7 Å². The number of nitrogens with zero attached hydrogens (tertiary/aromatic N) is 1. The summed E-state index contributed by atoms with van der Waals surface area (Å²) in [6, 6.07) is 7.55. The van der Waals surface area contributed by atoms with Gasteiger partial charge in [0.1, 0.15) is 11.3 Å². The maximum Gasteiger partial charge on any atom is 0.337 e. The van der Waals surface area contributed by atoms with Gasteiger partial charge in [0.15, 0.2) is 12.0 Å². The van der Waals surface area contributed by atoms with Crippen LogP contribution in [0.3, 0.4) is 0 Å². The number of aromatic nitrogens is 1. The third kappa shape index (κ3) is 2.56. The zero-order valence-electron chi connectivity index (χ0n) is 10.4. The predicted molar refractivity (Wildman–Crippen MR) is 83.4 cm³/mol. The summed E-state index contributed by atoms with van der Waals surface area (Å²) in [5.74, 6) is -1.61. The number of oxazole rings is 1. The van der Waals surface area contributed by atoms with Crippen molar-refractivity contribution < 1.29 is 18.7 Å². The quantitative estimate of drug-likeness (QED) is 0.653. The van der Waals surface area contributed by atoms with E-state index in [0.29, 0.717) is 5.52 Å². The fourth-order valence-electron chi connectivity index (χ4n) is 1.96. The molecule has 3 aromatic rings. The Morgan fingerprint density at radius 2 is 2.14 bits per heavy atom. The summed E-state index contributed by atoms with van der Waals surface area (Å²) >= 11 is 1.99. The Bertz CT molecular complexity index is 847. The lowest BCUT2D eigenvalue weighted by atomic mass is 10.1. The molecular weight excluding hydrogens is 390 g/mol. The highest BCUT2D eigenvalue weighted by molar-refractivity contribution is 14.1. The monoisotopic (exact) mass is 398 g/mol. The second-order valence-corrected chi connectivity index (χ2v) is 5.49. The summed E-state index contributed by atoms with van der Waals surface area (Å²) in [5, 5.41) is 12.0. The smallest absolute Gasteiger partial charge is 0.337 e. The van der Waals surface area contributed by atoms with Crippen molar-refractivity contribution in [2.75, 3.05) is 5.32 Å². The van der Waals surface area contributed by atoms with E-state index < -0.39 is 11.8 Å². The van der Waals surface area contributed by atoms with Crippen molar-refractivity contribution in [3.8, 4) is 0 Å². The Morgan fingerprint density at radius 1 is 1.33 bits per heavy atom. The first kappa shape index (κ1) is 13.8. The number of benzene rings is 2. The molecule has 0 radical (unpaired) electrons. The third-order valence-corrected chi connectivity index (χ3v) is 3.59. The van der Waals surface area contributed by atoms with E-state index >= 15 is 0 Å². The molecule has 21 heavy (non-hydrogen) atoms. The van der Waals surface area contributed by atoms with Gasteiger partial charge in [-0.25, -0.2) is 14.2 Å². The minimum absolute atomic E-state index is 0.0165. The van der Waals surface area contributed by atoms with Crippen LogP contribution in [0.1, 0.15) is 10.4 Å². The summed E-state index contributed by atoms with van der Waals surface area (Å²) in [4.78, 5) is 15.3. The third-order valence-electron chi connectivity index (χ3n) is 2.92. The lowest BCUT2D eigenvalue weighted by molar-refractivity contribution is 0.0698. The van der Waals surface area contributed by atoms with Crippen LogP contribution in [0.15, 0.2) is 41.1 Å². The van der Waals surface area contributed by atoms with E-state index in [1.807, 2.05) is 22.6 Å².